The van der Waals surface area contributed by atoms with Crippen LogP contribution in [0.1, 0.15) is 77.8 Å². The second-order valence-corrected chi connectivity index (χ2v) is 12.2. The van der Waals surface area contributed by atoms with Gasteiger partial charge in [0.1, 0.15) is 10.6 Å². The monoisotopic (exact) mass is 515 g/mol. The molecule has 3 fully saturated rings. The average Bonchev–Trinajstić information content (AvgIpc) is 3.55. The van der Waals surface area contributed by atoms with E-state index in [4.69, 9.17) is 16.3 Å². The van der Waals surface area contributed by atoms with Crippen molar-refractivity contribution in [3.63, 3.8) is 0 Å². The molecule has 0 radical (unpaired) electrons. The minimum atomic E-state index is -0.453. The van der Waals surface area contributed by atoms with Crippen molar-refractivity contribution in [3.8, 4) is 0 Å². The fourth-order valence-electron chi connectivity index (χ4n) is 5.39. The van der Waals surface area contributed by atoms with Crippen LogP contribution in [0.5, 0.6) is 0 Å². The Labute approximate surface area is 218 Å². The fourth-order valence-corrected chi connectivity index (χ4v) is 5.54. The fraction of sp³-hybridized carbons (Fsp3) is 0.692. The van der Waals surface area contributed by atoms with E-state index < -0.39 is 5.60 Å². The third-order valence-corrected chi connectivity index (χ3v) is 8.04. The van der Waals surface area contributed by atoms with E-state index in [-0.39, 0.29) is 6.09 Å². The number of nitrogens with zero attached hydrogens (tertiary/aromatic N) is 4. The molecule has 0 bridgehead atoms. The lowest BCUT2D eigenvalue weighted by Crippen LogP contribution is -2.47. The molecular weight excluding hydrogens is 478 g/mol. The summed E-state index contributed by atoms with van der Waals surface area (Å²) in [5.41, 5.74) is 1.89. The summed E-state index contributed by atoms with van der Waals surface area (Å²) in [6.45, 7) is 7.29. The normalized spacial score (nSPS) is 20.4. The molecule has 0 aromatic carbocycles. The van der Waals surface area contributed by atoms with Crippen LogP contribution in [0.4, 0.5) is 22.2 Å². The van der Waals surface area contributed by atoms with Gasteiger partial charge in [0.15, 0.2) is 5.82 Å². The maximum atomic E-state index is 12.4. The molecule has 2 aromatic heterocycles. The number of hydrogen-bond donors (Lipinski definition) is 3. The molecule has 36 heavy (non-hydrogen) atoms. The Morgan fingerprint density at radius 3 is 2.56 bits per heavy atom. The Balaban J connectivity index is 1.13. The smallest absolute Gasteiger partial charge is 0.410 e. The van der Waals surface area contributed by atoms with E-state index in [1.807, 2.05) is 25.7 Å². The highest BCUT2D eigenvalue weighted by Crippen LogP contribution is 2.45. The second kappa shape index (κ2) is 10.1. The van der Waals surface area contributed by atoms with E-state index in [2.05, 4.69) is 30.8 Å². The van der Waals surface area contributed by atoms with E-state index in [1.54, 1.807) is 12.4 Å². The third kappa shape index (κ3) is 6.22. The van der Waals surface area contributed by atoms with Crippen LogP contribution in [-0.2, 0) is 11.2 Å². The summed E-state index contributed by atoms with van der Waals surface area (Å²) in [5.74, 6) is 1.94. The standard InChI is InChI=1S/C26H38ClN7O2/c1-25(2,3)36-24(35)34-12-10-26(11-13-34)8-6-18(7-9-26)30-22-19(27)15-28-23(32-22)31-21-16-29-33-20(21)14-17-4-5-17/h15-18H,4-14H2,1-3H3,(H,29,33)(H2,28,30,31,32). The molecule has 1 saturated heterocycles. The van der Waals surface area contributed by atoms with Crippen molar-refractivity contribution in [1.82, 2.24) is 25.1 Å². The second-order valence-electron chi connectivity index (χ2n) is 11.8. The van der Waals surface area contributed by atoms with E-state index in [1.165, 1.54) is 12.8 Å². The van der Waals surface area contributed by atoms with Gasteiger partial charge in [-0.3, -0.25) is 5.10 Å². The molecule has 0 atom stereocenters. The minimum absolute atomic E-state index is 0.189. The number of hydrogen-bond acceptors (Lipinski definition) is 7. The van der Waals surface area contributed by atoms with E-state index in [0.717, 1.165) is 75.3 Å². The first-order valence-electron chi connectivity index (χ1n) is 13.2. The maximum Gasteiger partial charge on any atom is 0.410 e. The Kier molecular flexibility index (Phi) is 7.03. The lowest BCUT2D eigenvalue weighted by molar-refractivity contribution is 0.00394. The lowest BCUT2D eigenvalue weighted by atomic mass is 9.67. The Hall–Kier alpha value is -2.55. The molecule has 3 heterocycles. The number of carbonyl (C=O) groups excluding carboxylic acids is 1. The highest BCUT2D eigenvalue weighted by molar-refractivity contribution is 6.32. The van der Waals surface area contributed by atoms with Gasteiger partial charge in [-0.2, -0.15) is 10.1 Å². The molecule has 2 aliphatic carbocycles. The number of amides is 1. The van der Waals surface area contributed by atoms with Crippen LogP contribution in [0.3, 0.4) is 0 Å². The van der Waals surface area contributed by atoms with Crippen LogP contribution in [0.25, 0.3) is 0 Å². The van der Waals surface area contributed by atoms with Gasteiger partial charge < -0.3 is 20.3 Å². The van der Waals surface area contributed by atoms with Crippen LogP contribution in [0, 0.1) is 11.3 Å². The van der Waals surface area contributed by atoms with Crippen molar-refractivity contribution in [3.05, 3.63) is 23.1 Å². The molecular formula is C26H38ClN7O2. The molecule has 196 valence electrons. The number of H-pyrrole nitrogens is 1. The molecule has 5 rings (SSSR count). The van der Waals surface area contributed by atoms with Crippen molar-refractivity contribution < 1.29 is 9.53 Å². The number of halogens is 1. The van der Waals surface area contributed by atoms with Gasteiger partial charge in [-0.25, -0.2) is 9.78 Å². The van der Waals surface area contributed by atoms with Crippen molar-refractivity contribution in [2.24, 2.45) is 11.3 Å². The molecule has 3 aliphatic rings. The number of rotatable bonds is 6. The van der Waals surface area contributed by atoms with E-state index in [9.17, 15) is 4.79 Å². The number of piperidine rings is 1. The van der Waals surface area contributed by atoms with E-state index in [0.29, 0.717) is 28.2 Å². The highest BCUT2D eigenvalue weighted by atomic mass is 35.5. The zero-order chi connectivity index (χ0) is 25.3. The first-order chi connectivity index (χ1) is 17.2. The maximum absolute atomic E-state index is 12.4. The number of likely N-dealkylation sites (tertiary alicyclic amines) is 1. The minimum Gasteiger partial charge on any atom is -0.444 e. The zero-order valence-corrected chi connectivity index (χ0v) is 22.3. The Bertz CT molecular complexity index is 1060. The average molecular weight is 516 g/mol. The summed E-state index contributed by atoms with van der Waals surface area (Å²) >= 11 is 6.46. The summed E-state index contributed by atoms with van der Waals surface area (Å²) in [7, 11) is 0. The molecule has 9 nitrogen and oxygen atoms in total. The van der Waals surface area contributed by atoms with Crippen molar-refractivity contribution in [2.75, 3.05) is 23.7 Å². The molecule has 10 heteroatoms. The Morgan fingerprint density at radius 1 is 1.17 bits per heavy atom. The first kappa shape index (κ1) is 25.1. The molecule has 2 saturated carbocycles. The number of anilines is 3. The van der Waals surface area contributed by atoms with Gasteiger partial charge in [0, 0.05) is 19.1 Å². The number of aromatic amines is 1. The van der Waals surface area contributed by atoms with Gasteiger partial charge in [0.05, 0.1) is 23.8 Å². The molecule has 0 unspecified atom stereocenters. The van der Waals surface area contributed by atoms with Crippen molar-refractivity contribution >= 4 is 35.1 Å². The van der Waals surface area contributed by atoms with Crippen LogP contribution in [0.15, 0.2) is 12.4 Å². The molecule has 2 aromatic rings. The summed E-state index contributed by atoms with van der Waals surface area (Å²) in [6, 6.07) is 0.319. The van der Waals surface area contributed by atoms with Gasteiger partial charge in [-0.15, -0.1) is 0 Å². The van der Waals surface area contributed by atoms with Crippen LogP contribution in [0.2, 0.25) is 5.02 Å². The lowest BCUT2D eigenvalue weighted by Gasteiger charge is -2.46. The molecule has 1 aliphatic heterocycles. The summed E-state index contributed by atoms with van der Waals surface area (Å²) in [4.78, 5) is 23.3. The van der Waals surface area contributed by atoms with Crippen molar-refractivity contribution in [2.45, 2.75) is 90.2 Å². The predicted molar refractivity (Wildman–Crippen MR) is 141 cm³/mol. The molecule has 1 spiro atoms. The highest BCUT2D eigenvalue weighted by Gasteiger charge is 2.40. The summed E-state index contributed by atoms with van der Waals surface area (Å²) in [6.07, 6.45) is 13.3. The van der Waals surface area contributed by atoms with Crippen LogP contribution < -0.4 is 10.6 Å². The largest absolute Gasteiger partial charge is 0.444 e. The third-order valence-electron chi connectivity index (χ3n) is 7.76. The van der Waals surface area contributed by atoms with Crippen molar-refractivity contribution in [1.29, 1.82) is 0 Å². The predicted octanol–water partition coefficient (Wildman–Crippen LogP) is 5.92. The van der Waals surface area contributed by atoms with Gasteiger partial charge in [-0.05, 0) is 89.9 Å². The number of ether oxygens (including phenoxy) is 1. The van der Waals surface area contributed by atoms with E-state index >= 15 is 0 Å². The van der Waals surface area contributed by atoms with Gasteiger partial charge in [0.25, 0.3) is 0 Å². The topological polar surface area (TPSA) is 108 Å². The SMILES string of the molecule is CC(C)(C)OC(=O)N1CCC2(CCC(Nc3nc(Nc4cn[nH]c4CC4CC4)ncc3Cl)CC2)CC1. The number of nitrogens with one attached hydrogen (secondary N) is 3. The summed E-state index contributed by atoms with van der Waals surface area (Å²) in [5, 5.41) is 14.7. The quantitative estimate of drug-likeness (QED) is 0.438. The Morgan fingerprint density at radius 2 is 1.89 bits per heavy atom. The summed E-state index contributed by atoms with van der Waals surface area (Å²) < 4.78 is 5.56. The number of aromatic nitrogens is 4. The van der Waals surface area contributed by atoms with Gasteiger partial charge >= 0.3 is 6.09 Å². The van der Waals surface area contributed by atoms with Gasteiger partial charge in [-0.1, -0.05) is 11.6 Å². The zero-order valence-electron chi connectivity index (χ0n) is 21.6. The first-order valence-corrected chi connectivity index (χ1v) is 13.6. The number of carbonyl (C=O) groups is 1. The van der Waals surface area contributed by atoms with Gasteiger partial charge in [0.2, 0.25) is 5.95 Å². The molecule has 1 amide bonds. The molecule has 3 N–H and O–H groups in total. The van der Waals surface area contributed by atoms with Crippen LogP contribution >= 0.6 is 11.6 Å². The van der Waals surface area contributed by atoms with Crippen LogP contribution in [-0.4, -0.2) is 55.9 Å².